The zero-order chi connectivity index (χ0) is 15.4. The van der Waals surface area contributed by atoms with E-state index in [1.54, 1.807) is 0 Å². The summed E-state index contributed by atoms with van der Waals surface area (Å²) in [5, 5.41) is 8.64. The van der Waals surface area contributed by atoms with Gasteiger partial charge in [-0.3, -0.25) is 0 Å². The van der Waals surface area contributed by atoms with Gasteiger partial charge in [-0.25, -0.2) is 0 Å². The third-order valence-electron chi connectivity index (χ3n) is 2.94. The quantitative estimate of drug-likeness (QED) is 0.330. The highest BCUT2D eigenvalue weighted by atomic mass is 16.2. The molecule has 0 atom stereocenters. The minimum atomic E-state index is 0.310. The Balaban J connectivity index is 3.41. The van der Waals surface area contributed by atoms with Crippen molar-refractivity contribution < 1.29 is 5.11 Å². The lowest BCUT2D eigenvalue weighted by Crippen LogP contribution is -1.79. The molecule has 0 rings (SSSR count). The number of aliphatic hydroxyl groups excluding tert-OH is 1. The van der Waals surface area contributed by atoms with E-state index in [9.17, 15) is 0 Å². The Hall–Kier alpha value is -1.34. The van der Waals surface area contributed by atoms with E-state index in [2.05, 4.69) is 67.7 Å². The maximum absolute atomic E-state index is 8.64. The van der Waals surface area contributed by atoms with Crippen LogP contribution in [0.3, 0.4) is 0 Å². The van der Waals surface area contributed by atoms with Gasteiger partial charge in [-0.1, -0.05) is 67.7 Å². The molecule has 0 unspecified atom stereocenters. The van der Waals surface area contributed by atoms with E-state index in [1.165, 1.54) is 0 Å². The van der Waals surface area contributed by atoms with Gasteiger partial charge in [0.1, 0.15) is 0 Å². The molecule has 118 valence electrons. The van der Waals surface area contributed by atoms with Crippen LogP contribution in [0.2, 0.25) is 0 Å². The molecule has 0 aliphatic heterocycles. The minimum absolute atomic E-state index is 0.310. The molecule has 0 aliphatic carbocycles. The lowest BCUT2D eigenvalue weighted by Gasteiger charge is -1.90. The molecule has 0 heterocycles. The predicted molar refractivity (Wildman–Crippen MR) is 95.4 cm³/mol. The Kier molecular flexibility index (Phi) is 17.5. The van der Waals surface area contributed by atoms with Crippen LogP contribution in [0.4, 0.5) is 0 Å². The van der Waals surface area contributed by atoms with Crippen LogP contribution in [0.1, 0.15) is 58.3 Å². The van der Waals surface area contributed by atoms with Gasteiger partial charge in [-0.2, -0.15) is 0 Å². The van der Waals surface area contributed by atoms with Crippen molar-refractivity contribution >= 4 is 0 Å². The van der Waals surface area contributed by atoms with Gasteiger partial charge in [0, 0.05) is 6.61 Å². The summed E-state index contributed by atoms with van der Waals surface area (Å²) in [5.41, 5.74) is 0. The average molecular weight is 288 g/mol. The highest BCUT2D eigenvalue weighted by Crippen LogP contribution is 1.98. The van der Waals surface area contributed by atoms with Gasteiger partial charge in [0.15, 0.2) is 0 Å². The van der Waals surface area contributed by atoms with Crippen LogP contribution in [0.15, 0.2) is 60.8 Å². The second-order valence-electron chi connectivity index (χ2n) is 4.93. The second-order valence-corrected chi connectivity index (χ2v) is 4.93. The van der Waals surface area contributed by atoms with E-state index < -0.39 is 0 Å². The summed E-state index contributed by atoms with van der Waals surface area (Å²) in [6.45, 7) is 2.47. The van der Waals surface area contributed by atoms with Crippen LogP contribution < -0.4 is 0 Å². The van der Waals surface area contributed by atoms with Gasteiger partial charge >= 0.3 is 0 Å². The van der Waals surface area contributed by atoms with Crippen LogP contribution in [-0.2, 0) is 0 Å². The molecule has 1 heteroatoms. The minimum Gasteiger partial charge on any atom is -0.396 e. The standard InChI is InChI=1S/C20H32O/c1-2-3-4-5-6-7-8-9-10-11-12-13-14-15-16-17-18-19-20-21/h3-4,6-7,9-10,12-13,15-16,21H,2,5,8,11,14,17-20H2,1H3/b4-3-,7-6-,10-9-,13-12-,16-15-. The van der Waals surface area contributed by atoms with Crippen LogP contribution in [0.25, 0.3) is 0 Å². The summed E-state index contributed by atoms with van der Waals surface area (Å²) >= 11 is 0. The largest absolute Gasteiger partial charge is 0.396 e. The first-order chi connectivity index (χ1) is 10.4. The summed E-state index contributed by atoms with van der Waals surface area (Å²) in [6, 6.07) is 0. The molecule has 0 amide bonds. The highest BCUT2D eigenvalue weighted by Gasteiger charge is 1.81. The van der Waals surface area contributed by atoms with Crippen molar-refractivity contribution in [3.05, 3.63) is 60.8 Å². The summed E-state index contributed by atoms with van der Waals surface area (Å²) in [6.07, 6.45) is 30.4. The Morgan fingerprint density at radius 3 is 1.43 bits per heavy atom. The van der Waals surface area contributed by atoms with Crippen LogP contribution >= 0.6 is 0 Å². The number of hydrogen-bond donors (Lipinski definition) is 1. The first-order valence-electron chi connectivity index (χ1n) is 8.27. The van der Waals surface area contributed by atoms with Crippen molar-refractivity contribution in [1.29, 1.82) is 0 Å². The Bertz CT molecular complexity index is 332. The normalized spacial score (nSPS) is 13.0. The van der Waals surface area contributed by atoms with Crippen molar-refractivity contribution in [2.24, 2.45) is 0 Å². The number of allylic oxidation sites excluding steroid dienone is 10. The van der Waals surface area contributed by atoms with Gasteiger partial charge in [0.2, 0.25) is 0 Å². The summed E-state index contributed by atoms with van der Waals surface area (Å²) in [5.74, 6) is 0. The predicted octanol–water partition coefficient (Wildman–Crippen LogP) is 5.90. The third-order valence-corrected chi connectivity index (χ3v) is 2.94. The first kappa shape index (κ1) is 19.7. The van der Waals surface area contributed by atoms with Gasteiger partial charge in [-0.15, -0.1) is 0 Å². The van der Waals surface area contributed by atoms with Crippen molar-refractivity contribution in [3.63, 3.8) is 0 Å². The molecule has 1 N–H and O–H groups in total. The highest BCUT2D eigenvalue weighted by molar-refractivity contribution is 5.00. The second kappa shape index (κ2) is 18.7. The summed E-state index contributed by atoms with van der Waals surface area (Å²) < 4.78 is 0. The molecule has 0 aliphatic rings. The number of hydrogen-bond acceptors (Lipinski definition) is 1. The fourth-order valence-corrected chi connectivity index (χ4v) is 1.74. The lowest BCUT2D eigenvalue weighted by atomic mass is 10.2. The molecule has 0 aromatic rings. The Morgan fingerprint density at radius 2 is 1.00 bits per heavy atom. The smallest absolute Gasteiger partial charge is 0.0431 e. The van der Waals surface area contributed by atoms with Crippen molar-refractivity contribution in [2.75, 3.05) is 6.61 Å². The zero-order valence-corrected chi connectivity index (χ0v) is 13.6. The molecular weight excluding hydrogens is 256 g/mol. The van der Waals surface area contributed by atoms with E-state index in [-0.39, 0.29) is 0 Å². The first-order valence-corrected chi connectivity index (χ1v) is 8.27. The van der Waals surface area contributed by atoms with E-state index >= 15 is 0 Å². The average Bonchev–Trinajstić information content (AvgIpc) is 2.50. The van der Waals surface area contributed by atoms with Gasteiger partial charge in [0.05, 0.1) is 0 Å². The Labute approximate surface area is 131 Å². The van der Waals surface area contributed by atoms with Crippen LogP contribution in [0.5, 0.6) is 0 Å². The number of aliphatic hydroxyl groups is 1. The van der Waals surface area contributed by atoms with Crippen molar-refractivity contribution in [1.82, 2.24) is 0 Å². The van der Waals surface area contributed by atoms with Crippen molar-refractivity contribution in [3.8, 4) is 0 Å². The molecule has 0 aromatic heterocycles. The molecule has 0 saturated heterocycles. The van der Waals surface area contributed by atoms with E-state index in [0.29, 0.717) is 6.61 Å². The van der Waals surface area contributed by atoms with Gasteiger partial charge < -0.3 is 5.11 Å². The molecule has 0 fully saturated rings. The Morgan fingerprint density at radius 1 is 0.571 bits per heavy atom. The van der Waals surface area contributed by atoms with Crippen LogP contribution in [0, 0.1) is 0 Å². The van der Waals surface area contributed by atoms with E-state index in [4.69, 9.17) is 5.11 Å². The maximum Gasteiger partial charge on any atom is 0.0431 e. The molecule has 0 spiro atoms. The maximum atomic E-state index is 8.64. The molecule has 1 nitrogen and oxygen atoms in total. The molecular formula is C20H32O. The zero-order valence-electron chi connectivity index (χ0n) is 13.6. The monoisotopic (exact) mass is 288 g/mol. The fourth-order valence-electron chi connectivity index (χ4n) is 1.74. The third kappa shape index (κ3) is 18.7. The van der Waals surface area contributed by atoms with E-state index in [1.807, 2.05) is 0 Å². The topological polar surface area (TPSA) is 20.2 Å². The molecule has 0 bridgehead atoms. The van der Waals surface area contributed by atoms with Crippen molar-refractivity contribution in [2.45, 2.75) is 58.3 Å². The molecule has 21 heavy (non-hydrogen) atoms. The summed E-state index contributed by atoms with van der Waals surface area (Å²) in [7, 11) is 0. The van der Waals surface area contributed by atoms with E-state index in [0.717, 1.165) is 51.4 Å². The molecule has 0 aromatic carbocycles. The number of unbranched alkanes of at least 4 members (excludes halogenated alkanes) is 2. The summed E-state index contributed by atoms with van der Waals surface area (Å²) in [4.78, 5) is 0. The SMILES string of the molecule is CC/C=C\C/C=C\C/C=C\C/C=C\C/C=C\CCCCO. The lowest BCUT2D eigenvalue weighted by molar-refractivity contribution is 0.285. The van der Waals surface area contributed by atoms with Gasteiger partial charge in [-0.05, 0) is 51.4 Å². The fraction of sp³-hybridized carbons (Fsp3) is 0.500. The number of rotatable bonds is 13. The molecule has 0 saturated carbocycles. The van der Waals surface area contributed by atoms with Gasteiger partial charge in [0.25, 0.3) is 0 Å². The van der Waals surface area contributed by atoms with Crippen LogP contribution in [-0.4, -0.2) is 11.7 Å². The molecule has 0 radical (unpaired) electrons.